The molecule has 4 heteroatoms. The molecule has 1 aliphatic rings. The molecule has 0 atom stereocenters. The van der Waals surface area contributed by atoms with E-state index >= 15 is 0 Å². The van der Waals surface area contributed by atoms with E-state index in [4.69, 9.17) is 9.84 Å². The molecule has 15 heavy (non-hydrogen) atoms. The third-order valence-electron chi connectivity index (χ3n) is 3.21. The van der Waals surface area contributed by atoms with Crippen LogP contribution in [0, 0.1) is 5.41 Å². The molecule has 0 aromatic rings. The van der Waals surface area contributed by atoms with Gasteiger partial charge in [-0.15, -0.1) is 0 Å². The molecule has 0 bridgehead atoms. The molecule has 0 aromatic heterocycles. The molecule has 0 aliphatic heterocycles. The first-order valence-electron chi connectivity index (χ1n) is 5.73. The van der Waals surface area contributed by atoms with Gasteiger partial charge in [-0.25, -0.2) is 4.79 Å². The maximum Gasteiger partial charge on any atom is 0.404 e. The van der Waals surface area contributed by atoms with Crippen LogP contribution in [0.3, 0.4) is 0 Å². The molecular formula is C11H21NO3. The highest BCUT2D eigenvalue weighted by atomic mass is 16.5. The van der Waals surface area contributed by atoms with Crippen LogP contribution in [-0.4, -0.2) is 31.0 Å². The Balaban J connectivity index is 2.32. The van der Waals surface area contributed by atoms with Gasteiger partial charge in [-0.2, -0.15) is 0 Å². The molecule has 4 nitrogen and oxygen atoms in total. The first-order valence-corrected chi connectivity index (χ1v) is 5.73. The lowest BCUT2D eigenvalue weighted by Crippen LogP contribution is -2.31. The molecular weight excluding hydrogens is 194 g/mol. The van der Waals surface area contributed by atoms with E-state index in [1.54, 1.807) is 0 Å². The summed E-state index contributed by atoms with van der Waals surface area (Å²) in [7, 11) is 0. The number of ether oxygens (including phenoxy) is 1. The van der Waals surface area contributed by atoms with Crippen molar-refractivity contribution < 1.29 is 14.6 Å². The van der Waals surface area contributed by atoms with Crippen LogP contribution in [-0.2, 0) is 4.74 Å². The van der Waals surface area contributed by atoms with Gasteiger partial charge in [0.25, 0.3) is 0 Å². The number of amides is 1. The summed E-state index contributed by atoms with van der Waals surface area (Å²) < 4.78 is 5.50. The molecule has 0 spiro atoms. The zero-order chi connectivity index (χ0) is 11.1. The van der Waals surface area contributed by atoms with Crippen molar-refractivity contribution in [3.63, 3.8) is 0 Å². The van der Waals surface area contributed by atoms with Crippen LogP contribution in [0.4, 0.5) is 4.79 Å². The largest absolute Gasteiger partial charge is 0.465 e. The summed E-state index contributed by atoms with van der Waals surface area (Å²) in [6, 6.07) is 0. The molecule has 1 saturated carbocycles. The van der Waals surface area contributed by atoms with Gasteiger partial charge >= 0.3 is 6.09 Å². The van der Waals surface area contributed by atoms with Crippen LogP contribution in [0.2, 0.25) is 0 Å². The first kappa shape index (κ1) is 12.3. The fourth-order valence-electron chi connectivity index (χ4n) is 2.34. The van der Waals surface area contributed by atoms with Gasteiger partial charge in [-0.1, -0.05) is 12.8 Å². The fraction of sp³-hybridized carbons (Fsp3) is 0.909. The van der Waals surface area contributed by atoms with E-state index in [0.29, 0.717) is 6.54 Å². The predicted molar refractivity (Wildman–Crippen MR) is 58.0 cm³/mol. The van der Waals surface area contributed by atoms with Crippen molar-refractivity contribution in [3.05, 3.63) is 0 Å². The van der Waals surface area contributed by atoms with Gasteiger partial charge in [0.1, 0.15) is 0 Å². The van der Waals surface area contributed by atoms with Crippen LogP contribution in [0.25, 0.3) is 0 Å². The Morgan fingerprint density at radius 1 is 1.47 bits per heavy atom. The van der Waals surface area contributed by atoms with Gasteiger partial charge in [0, 0.05) is 13.2 Å². The average Bonchev–Trinajstić information content (AvgIpc) is 2.64. The Labute approximate surface area is 91.0 Å². The van der Waals surface area contributed by atoms with Crippen molar-refractivity contribution in [1.82, 2.24) is 5.32 Å². The number of hydrogen-bond acceptors (Lipinski definition) is 2. The Morgan fingerprint density at radius 2 is 2.13 bits per heavy atom. The topological polar surface area (TPSA) is 58.6 Å². The molecule has 1 fully saturated rings. The number of rotatable bonds is 6. The first-order chi connectivity index (χ1) is 7.18. The Hall–Kier alpha value is -0.770. The minimum absolute atomic E-state index is 0.235. The highest BCUT2D eigenvalue weighted by molar-refractivity contribution is 5.64. The van der Waals surface area contributed by atoms with Crippen LogP contribution < -0.4 is 5.32 Å². The molecule has 0 saturated heterocycles. The normalized spacial score (nSPS) is 19.0. The Bertz CT molecular complexity index is 200. The van der Waals surface area contributed by atoms with Crippen molar-refractivity contribution in [3.8, 4) is 0 Å². The quantitative estimate of drug-likeness (QED) is 0.714. The van der Waals surface area contributed by atoms with Crippen LogP contribution >= 0.6 is 0 Å². The van der Waals surface area contributed by atoms with E-state index in [-0.39, 0.29) is 5.41 Å². The molecule has 0 unspecified atom stereocenters. The minimum Gasteiger partial charge on any atom is -0.465 e. The number of carbonyl (C=O) groups is 1. The van der Waals surface area contributed by atoms with Crippen molar-refractivity contribution in [2.45, 2.75) is 39.0 Å². The molecule has 0 heterocycles. The third kappa shape index (κ3) is 4.08. The molecule has 0 aromatic carbocycles. The standard InChI is InChI=1S/C11H21NO3/c1-2-15-9-11(5-3-4-6-11)7-8-12-10(13)14/h12H,2-9H2,1H3,(H,13,14). The van der Waals surface area contributed by atoms with E-state index < -0.39 is 6.09 Å². The minimum atomic E-state index is -0.931. The van der Waals surface area contributed by atoms with Crippen molar-refractivity contribution in [2.24, 2.45) is 5.41 Å². The maximum atomic E-state index is 10.3. The maximum absolute atomic E-state index is 10.3. The van der Waals surface area contributed by atoms with Gasteiger partial charge in [-0.3, -0.25) is 0 Å². The van der Waals surface area contributed by atoms with E-state index in [1.165, 1.54) is 25.7 Å². The monoisotopic (exact) mass is 215 g/mol. The zero-order valence-corrected chi connectivity index (χ0v) is 9.42. The summed E-state index contributed by atoms with van der Waals surface area (Å²) in [5.74, 6) is 0. The van der Waals surface area contributed by atoms with Crippen molar-refractivity contribution >= 4 is 6.09 Å². The van der Waals surface area contributed by atoms with Crippen molar-refractivity contribution in [2.75, 3.05) is 19.8 Å². The molecule has 88 valence electrons. The van der Waals surface area contributed by atoms with E-state index in [0.717, 1.165) is 19.6 Å². The van der Waals surface area contributed by atoms with Gasteiger partial charge < -0.3 is 15.2 Å². The second-order valence-corrected chi connectivity index (χ2v) is 4.33. The number of nitrogens with one attached hydrogen (secondary N) is 1. The lowest BCUT2D eigenvalue weighted by atomic mass is 9.83. The second kappa shape index (κ2) is 5.95. The van der Waals surface area contributed by atoms with Gasteiger partial charge in [-0.05, 0) is 31.6 Å². The molecule has 2 N–H and O–H groups in total. The average molecular weight is 215 g/mol. The summed E-state index contributed by atoms with van der Waals surface area (Å²) in [5.41, 5.74) is 0.235. The summed E-state index contributed by atoms with van der Waals surface area (Å²) in [6.45, 7) is 4.07. The Kier molecular flexibility index (Phi) is 4.88. The summed E-state index contributed by atoms with van der Waals surface area (Å²) in [4.78, 5) is 10.3. The third-order valence-corrected chi connectivity index (χ3v) is 3.21. The van der Waals surface area contributed by atoms with Gasteiger partial charge in [0.2, 0.25) is 0 Å². The zero-order valence-electron chi connectivity index (χ0n) is 9.42. The lowest BCUT2D eigenvalue weighted by Gasteiger charge is -2.28. The van der Waals surface area contributed by atoms with Crippen LogP contribution in [0.5, 0.6) is 0 Å². The van der Waals surface area contributed by atoms with Gasteiger partial charge in [0.05, 0.1) is 6.61 Å². The van der Waals surface area contributed by atoms with Gasteiger partial charge in [0.15, 0.2) is 0 Å². The molecule has 1 amide bonds. The van der Waals surface area contributed by atoms with Crippen molar-refractivity contribution in [1.29, 1.82) is 0 Å². The number of carboxylic acid groups (broad SMARTS) is 1. The lowest BCUT2D eigenvalue weighted by molar-refractivity contribution is 0.0485. The van der Waals surface area contributed by atoms with E-state index in [9.17, 15) is 4.79 Å². The smallest absolute Gasteiger partial charge is 0.404 e. The second-order valence-electron chi connectivity index (χ2n) is 4.33. The Morgan fingerprint density at radius 3 is 2.67 bits per heavy atom. The molecule has 0 radical (unpaired) electrons. The van der Waals surface area contributed by atoms with E-state index in [1.807, 2.05) is 6.92 Å². The van der Waals surface area contributed by atoms with Crippen LogP contribution in [0.15, 0.2) is 0 Å². The summed E-state index contributed by atoms with van der Waals surface area (Å²) in [6.07, 6.45) is 4.82. The highest BCUT2D eigenvalue weighted by Crippen LogP contribution is 2.41. The highest BCUT2D eigenvalue weighted by Gasteiger charge is 2.33. The summed E-state index contributed by atoms with van der Waals surface area (Å²) >= 11 is 0. The van der Waals surface area contributed by atoms with E-state index in [2.05, 4.69) is 5.32 Å². The number of hydrogen-bond donors (Lipinski definition) is 2. The SMILES string of the molecule is CCOCC1(CCNC(=O)O)CCCC1. The molecule has 1 rings (SSSR count). The predicted octanol–water partition coefficient (Wildman–Crippen LogP) is 2.24. The molecule has 1 aliphatic carbocycles. The van der Waals surface area contributed by atoms with Crippen LogP contribution in [0.1, 0.15) is 39.0 Å². The summed E-state index contributed by atoms with van der Waals surface area (Å²) in [5, 5.41) is 10.9. The fourth-order valence-corrected chi connectivity index (χ4v) is 2.34.